The molecule has 0 spiro atoms. The third-order valence-electron chi connectivity index (χ3n) is 4.70. The van der Waals surface area contributed by atoms with Gasteiger partial charge in [0.05, 0.1) is 0 Å². The highest BCUT2D eigenvalue weighted by atomic mass is 35.5. The summed E-state index contributed by atoms with van der Waals surface area (Å²) in [6.45, 7) is 11.8. The number of benzene rings is 1. The molecule has 1 saturated carbocycles. The maximum Gasteiger partial charge on any atom is 0.0406 e. The molecule has 1 aromatic rings. The summed E-state index contributed by atoms with van der Waals surface area (Å²) in [7, 11) is 0. The highest BCUT2D eigenvalue weighted by Crippen LogP contribution is 2.39. The van der Waals surface area contributed by atoms with E-state index in [9.17, 15) is 0 Å². The van der Waals surface area contributed by atoms with Gasteiger partial charge >= 0.3 is 0 Å². The fraction of sp³-hybridized carbons (Fsp3) is 0.684. The van der Waals surface area contributed by atoms with Crippen molar-refractivity contribution in [3.05, 3.63) is 34.9 Å². The van der Waals surface area contributed by atoms with Gasteiger partial charge < -0.3 is 5.32 Å². The monoisotopic (exact) mass is 307 g/mol. The molecule has 0 aliphatic heterocycles. The van der Waals surface area contributed by atoms with Crippen LogP contribution in [0.25, 0.3) is 0 Å². The van der Waals surface area contributed by atoms with E-state index in [0.717, 1.165) is 10.9 Å². The van der Waals surface area contributed by atoms with Crippen molar-refractivity contribution < 1.29 is 0 Å². The van der Waals surface area contributed by atoms with Gasteiger partial charge in [0.25, 0.3) is 0 Å². The molecule has 2 rings (SSSR count). The molecule has 1 aromatic carbocycles. The van der Waals surface area contributed by atoms with E-state index >= 15 is 0 Å². The normalized spacial score (nSPS) is 26.8. The highest BCUT2D eigenvalue weighted by Gasteiger charge is 2.33. The summed E-state index contributed by atoms with van der Waals surface area (Å²) in [5.41, 5.74) is 1.81. The SMILES string of the molecule is CC1CC(NC(c2ccc(Cl)cc2)C(C)C)CC(C)(C)C1. The van der Waals surface area contributed by atoms with Gasteiger partial charge in [0.15, 0.2) is 0 Å². The average molecular weight is 308 g/mol. The Balaban J connectivity index is 2.11. The second kappa shape index (κ2) is 6.71. The zero-order chi connectivity index (χ0) is 15.6. The Morgan fingerprint density at radius 1 is 1.14 bits per heavy atom. The van der Waals surface area contributed by atoms with Gasteiger partial charge in [-0.3, -0.25) is 0 Å². The lowest BCUT2D eigenvalue weighted by Gasteiger charge is -2.41. The molecule has 1 aliphatic rings. The van der Waals surface area contributed by atoms with E-state index in [0.29, 0.717) is 23.4 Å². The molecule has 118 valence electrons. The Morgan fingerprint density at radius 3 is 2.29 bits per heavy atom. The van der Waals surface area contributed by atoms with Crippen LogP contribution in [0.1, 0.15) is 65.5 Å². The van der Waals surface area contributed by atoms with Crippen molar-refractivity contribution in [3.8, 4) is 0 Å². The molecule has 3 unspecified atom stereocenters. The molecule has 0 amide bonds. The molecule has 0 bridgehead atoms. The maximum absolute atomic E-state index is 6.02. The van der Waals surface area contributed by atoms with Crippen LogP contribution in [0.4, 0.5) is 0 Å². The van der Waals surface area contributed by atoms with Gasteiger partial charge in [-0.2, -0.15) is 0 Å². The van der Waals surface area contributed by atoms with Crippen molar-refractivity contribution in [2.45, 2.75) is 66.0 Å². The van der Waals surface area contributed by atoms with E-state index in [4.69, 9.17) is 11.6 Å². The predicted octanol–water partition coefficient (Wildman–Crippen LogP) is 5.84. The lowest BCUT2D eigenvalue weighted by atomic mass is 9.70. The van der Waals surface area contributed by atoms with Crippen molar-refractivity contribution in [2.75, 3.05) is 0 Å². The zero-order valence-corrected chi connectivity index (χ0v) is 14.9. The summed E-state index contributed by atoms with van der Waals surface area (Å²) in [5, 5.41) is 4.75. The molecule has 1 aliphatic carbocycles. The van der Waals surface area contributed by atoms with Crippen LogP contribution in [0.5, 0.6) is 0 Å². The van der Waals surface area contributed by atoms with Crippen molar-refractivity contribution in [3.63, 3.8) is 0 Å². The van der Waals surface area contributed by atoms with Crippen LogP contribution >= 0.6 is 11.6 Å². The molecule has 0 saturated heterocycles. The maximum atomic E-state index is 6.02. The second-order valence-electron chi connectivity index (χ2n) is 8.05. The van der Waals surface area contributed by atoms with Crippen molar-refractivity contribution in [2.24, 2.45) is 17.3 Å². The molecule has 0 aromatic heterocycles. The standard InChI is InChI=1S/C19H30ClN/c1-13(2)18(15-6-8-16(20)9-7-15)21-17-10-14(3)11-19(4,5)12-17/h6-9,13-14,17-18,21H,10-12H2,1-5H3. The lowest BCUT2D eigenvalue weighted by Crippen LogP contribution is -2.43. The number of hydrogen-bond acceptors (Lipinski definition) is 1. The van der Waals surface area contributed by atoms with Crippen LogP contribution in [-0.4, -0.2) is 6.04 Å². The average Bonchev–Trinajstić information content (AvgIpc) is 2.34. The van der Waals surface area contributed by atoms with Crippen LogP contribution in [-0.2, 0) is 0 Å². The molecule has 21 heavy (non-hydrogen) atoms. The van der Waals surface area contributed by atoms with E-state index in [1.54, 1.807) is 0 Å². The quantitative estimate of drug-likeness (QED) is 0.736. The molecule has 0 radical (unpaired) electrons. The molecule has 1 N–H and O–H groups in total. The first-order valence-electron chi connectivity index (χ1n) is 8.28. The number of halogens is 1. The Morgan fingerprint density at radius 2 is 1.76 bits per heavy atom. The van der Waals surface area contributed by atoms with Gasteiger partial charge in [-0.25, -0.2) is 0 Å². The van der Waals surface area contributed by atoms with Gasteiger partial charge in [0.2, 0.25) is 0 Å². The van der Waals surface area contributed by atoms with E-state index in [2.05, 4.69) is 52.1 Å². The van der Waals surface area contributed by atoms with Gasteiger partial charge in [-0.05, 0) is 54.2 Å². The Kier molecular flexibility index (Phi) is 5.38. The van der Waals surface area contributed by atoms with E-state index in [-0.39, 0.29) is 0 Å². The van der Waals surface area contributed by atoms with Gasteiger partial charge in [-0.1, -0.05) is 58.4 Å². The summed E-state index contributed by atoms with van der Waals surface area (Å²) < 4.78 is 0. The minimum Gasteiger partial charge on any atom is -0.307 e. The predicted molar refractivity (Wildman–Crippen MR) is 92.8 cm³/mol. The number of rotatable bonds is 4. The smallest absolute Gasteiger partial charge is 0.0406 e. The molecular formula is C19H30ClN. The minimum atomic E-state index is 0.411. The summed E-state index contributed by atoms with van der Waals surface area (Å²) in [6.07, 6.45) is 3.91. The molecular weight excluding hydrogens is 278 g/mol. The Bertz CT molecular complexity index is 449. The van der Waals surface area contributed by atoms with Crippen LogP contribution < -0.4 is 5.32 Å². The topological polar surface area (TPSA) is 12.0 Å². The van der Waals surface area contributed by atoms with Crippen LogP contribution in [0.3, 0.4) is 0 Å². The van der Waals surface area contributed by atoms with Crippen molar-refractivity contribution in [1.29, 1.82) is 0 Å². The summed E-state index contributed by atoms with van der Waals surface area (Å²) >= 11 is 6.02. The number of hydrogen-bond donors (Lipinski definition) is 1. The first-order valence-corrected chi connectivity index (χ1v) is 8.66. The second-order valence-corrected chi connectivity index (χ2v) is 8.49. The lowest BCUT2D eigenvalue weighted by molar-refractivity contribution is 0.138. The molecule has 0 heterocycles. The third-order valence-corrected chi connectivity index (χ3v) is 4.95. The van der Waals surface area contributed by atoms with E-state index in [1.165, 1.54) is 24.8 Å². The molecule has 1 nitrogen and oxygen atoms in total. The van der Waals surface area contributed by atoms with E-state index < -0.39 is 0 Å². The van der Waals surface area contributed by atoms with Gasteiger partial charge in [0.1, 0.15) is 0 Å². The third kappa shape index (κ3) is 4.72. The molecule has 2 heteroatoms. The first kappa shape index (κ1) is 16.8. The molecule has 1 fully saturated rings. The van der Waals surface area contributed by atoms with E-state index in [1.807, 2.05) is 12.1 Å². The van der Waals surface area contributed by atoms with Crippen LogP contribution in [0.15, 0.2) is 24.3 Å². The van der Waals surface area contributed by atoms with Crippen molar-refractivity contribution in [1.82, 2.24) is 5.32 Å². The molecule has 3 atom stereocenters. The summed E-state index contributed by atoms with van der Waals surface area (Å²) in [5.74, 6) is 1.39. The van der Waals surface area contributed by atoms with Crippen LogP contribution in [0, 0.1) is 17.3 Å². The van der Waals surface area contributed by atoms with Gasteiger partial charge in [-0.15, -0.1) is 0 Å². The fourth-order valence-corrected chi connectivity index (χ4v) is 4.20. The summed E-state index contributed by atoms with van der Waals surface area (Å²) in [6, 6.07) is 9.36. The largest absolute Gasteiger partial charge is 0.307 e. The first-order chi connectivity index (χ1) is 9.77. The Labute approximate surface area is 135 Å². The minimum absolute atomic E-state index is 0.411. The fourth-order valence-electron chi connectivity index (χ4n) is 4.07. The van der Waals surface area contributed by atoms with Crippen molar-refractivity contribution >= 4 is 11.6 Å². The zero-order valence-electron chi connectivity index (χ0n) is 14.1. The van der Waals surface area contributed by atoms with Crippen LogP contribution in [0.2, 0.25) is 5.02 Å². The highest BCUT2D eigenvalue weighted by molar-refractivity contribution is 6.30. The van der Waals surface area contributed by atoms with Gasteiger partial charge in [0, 0.05) is 17.1 Å². The number of nitrogens with one attached hydrogen (secondary N) is 1. The summed E-state index contributed by atoms with van der Waals surface area (Å²) in [4.78, 5) is 0. The Hall–Kier alpha value is -0.530.